The second kappa shape index (κ2) is 8.36. The van der Waals surface area contributed by atoms with Gasteiger partial charge in [0, 0.05) is 5.56 Å². The molecular weight excluding hydrogens is 408 g/mol. The molecule has 0 bridgehead atoms. The van der Waals surface area contributed by atoms with Gasteiger partial charge >= 0.3 is 0 Å². The fourth-order valence-electron chi connectivity index (χ4n) is 3.37. The van der Waals surface area contributed by atoms with Crippen molar-refractivity contribution in [2.45, 2.75) is 27.7 Å². The maximum Gasteiger partial charge on any atom is 0.295 e. The lowest BCUT2D eigenvalue weighted by Crippen LogP contribution is -2.15. The second-order valence-corrected chi connectivity index (χ2v) is 8.12. The van der Waals surface area contributed by atoms with Crippen molar-refractivity contribution in [3.63, 3.8) is 0 Å². The number of nitrogens with zero attached hydrogens (tertiary/aromatic N) is 3. The van der Waals surface area contributed by atoms with Crippen molar-refractivity contribution in [2.75, 3.05) is 5.32 Å². The van der Waals surface area contributed by atoms with E-state index in [1.807, 2.05) is 76.2 Å². The molecule has 6 heteroatoms. The van der Waals surface area contributed by atoms with E-state index in [1.165, 1.54) is 0 Å². The molecule has 4 rings (SSSR count). The number of hydrogen-bond donors (Lipinski definition) is 1. The van der Waals surface area contributed by atoms with E-state index in [1.54, 1.807) is 10.7 Å². The second-order valence-electron chi connectivity index (χ2n) is 7.71. The third kappa shape index (κ3) is 4.23. The Morgan fingerprint density at radius 2 is 1.61 bits per heavy atom. The lowest BCUT2D eigenvalue weighted by molar-refractivity contribution is 0.101. The Morgan fingerprint density at radius 1 is 0.903 bits per heavy atom. The molecule has 1 aromatic heterocycles. The third-order valence-corrected chi connectivity index (χ3v) is 5.49. The molecule has 5 nitrogen and oxygen atoms in total. The van der Waals surface area contributed by atoms with Gasteiger partial charge in [0.25, 0.3) is 5.91 Å². The van der Waals surface area contributed by atoms with E-state index in [2.05, 4.69) is 21.5 Å². The molecule has 0 radical (unpaired) electrons. The summed E-state index contributed by atoms with van der Waals surface area (Å²) in [6, 6.07) is 19.6. The van der Waals surface area contributed by atoms with E-state index >= 15 is 0 Å². The maximum absolute atomic E-state index is 13.0. The van der Waals surface area contributed by atoms with Crippen LogP contribution in [0.4, 0.5) is 5.69 Å². The predicted octanol–water partition coefficient (Wildman–Crippen LogP) is 6.07. The van der Waals surface area contributed by atoms with E-state index in [9.17, 15) is 4.79 Å². The molecule has 1 heterocycles. The largest absolute Gasteiger partial charge is 0.318 e. The molecule has 0 saturated heterocycles. The van der Waals surface area contributed by atoms with Crippen LogP contribution >= 0.6 is 11.6 Å². The maximum atomic E-state index is 13.0. The first kappa shape index (κ1) is 20.8. The number of carbonyl (C=O) groups excluding carboxylic acids is 1. The molecule has 4 aromatic rings. The van der Waals surface area contributed by atoms with E-state index in [-0.39, 0.29) is 5.82 Å². The molecule has 3 aromatic carbocycles. The number of hydrogen-bond acceptors (Lipinski definition) is 3. The minimum absolute atomic E-state index is 0.0794. The van der Waals surface area contributed by atoms with Gasteiger partial charge in [-0.05, 0) is 56.5 Å². The van der Waals surface area contributed by atoms with Crippen molar-refractivity contribution in [2.24, 2.45) is 0 Å². The zero-order chi connectivity index (χ0) is 22.1. The monoisotopic (exact) mass is 430 g/mol. The van der Waals surface area contributed by atoms with E-state index in [0.717, 1.165) is 33.5 Å². The Balaban J connectivity index is 1.82. The Labute approximate surface area is 186 Å². The topological polar surface area (TPSA) is 59.8 Å². The van der Waals surface area contributed by atoms with E-state index < -0.39 is 5.91 Å². The normalized spacial score (nSPS) is 10.9. The summed E-state index contributed by atoms with van der Waals surface area (Å²) in [7, 11) is 0. The van der Waals surface area contributed by atoms with Gasteiger partial charge in [-0.25, -0.2) is 9.67 Å². The summed E-state index contributed by atoms with van der Waals surface area (Å²) in [5.74, 6) is 0.277. The SMILES string of the molecule is Cc1ccc(-c2nc(C(=O)Nc3c(C)cccc3Cl)nn2-c2cc(C)ccc2C)cc1. The van der Waals surface area contributed by atoms with Crippen LogP contribution in [0.1, 0.15) is 32.9 Å². The molecule has 0 aliphatic heterocycles. The van der Waals surface area contributed by atoms with Gasteiger partial charge in [-0.2, -0.15) is 0 Å². The van der Waals surface area contributed by atoms with Gasteiger partial charge in [0.2, 0.25) is 5.82 Å². The Kier molecular flexibility index (Phi) is 5.61. The number of aryl methyl sites for hydroxylation is 4. The number of aromatic nitrogens is 3. The molecule has 0 fully saturated rings. The first-order chi connectivity index (χ1) is 14.8. The van der Waals surface area contributed by atoms with Crippen molar-refractivity contribution in [3.8, 4) is 17.1 Å². The molecule has 0 aliphatic rings. The smallest absolute Gasteiger partial charge is 0.295 e. The first-order valence-electron chi connectivity index (χ1n) is 10.0. The number of rotatable bonds is 4. The molecule has 156 valence electrons. The summed E-state index contributed by atoms with van der Waals surface area (Å²) in [6.07, 6.45) is 0. The number of amides is 1. The third-order valence-electron chi connectivity index (χ3n) is 5.17. The number of benzene rings is 3. The molecule has 1 N–H and O–H groups in total. The van der Waals surface area contributed by atoms with Crippen molar-refractivity contribution in [3.05, 3.63) is 93.8 Å². The standard InChI is InChI=1S/C25H23ClN4O/c1-15-9-12-19(13-10-15)24-28-23(25(31)27-22-18(4)6-5-7-20(22)26)29-30(24)21-14-16(2)8-11-17(21)3/h5-14H,1-4H3,(H,27,31). The Hall–Kier alpha value is -3.44. The zero-order valence-electron chi connectivity index (χ0n) is 17.9. The number of halogens is 1. The number of para-hydroxylation sites is 1. The van der Waals surface area contributed by atoms with Crippen LogP contribution in [0.5, 0.6) is 0 Å². The number of anilines is 1. The summed E-state index contributed by atoms with van der Waals surface area (Å²) in [4.78, 5) is 17.7. The highest BCUT2D eigenvalue weighted by Gasteiger charge is 2.21. The summed E-state index contributed by atoms with van der Waals surface area (Å²) in [6.45, 7) is 7.97. The minimum Gasteiger partial charge on any atom is -0.318 e. The van der Waals surface area contributed by atoms with Gasteiger partial charge in [-0.3, -0.25) is 4.79 Å². The highest BCUT2D eigenvalue weighted by atomic mass is 35.5. The molecule has 0 spiro atoms. The van der Waals surface area contributed by atoms with Gasteiger partial charge in [-0.15, -0.1) is 5.10 Å². The fourth-order valence-corrected chi connectivity index (χ4v) is 3.64. The van der Waals surface area contributed by atoms with Gasteiger partial charge < -0.3 is 5.32 Å². The minimum atomic E-state index is -0.409. The van der Waals surface area contributed by atoms with Crippen LogP contribution in [0.3, 0.4) is 0 Å². The van der Waals surface area contributed by atoms with Crippen LogP contribution in [-0.4, -0.2) is 20.7 Å². The lowest BCUT2D eigenvalue weighted by atomic mass is 10.1. The molecular formula is C25H23ClN4O. The highest BCUT2D eigenvalue weighted by Crippen LogP contribution is 2.27. The van der Waals surface area contributed by atoms with Crippen molar-refractivity contribution < 1.29 is 4.79 Å². The van der Waals surface area contributed by atoms with Crippen LogP contribution in [0, 0.1) is 27.7 Å². The van der Waals surface area contributed by atoms with E-state index in [4.69, 9.17) is 11.6 Å². The highest BCUT2D eigenvalue weighted by molar-refractivity contribution is 6.34. The first-order valence-corrected chi connectivity index (χ1v) is 10.4. The average molecular weight is 431 g/mol. The predicted molar refractivity (Wildman–Crippen MR) is 125 cm³/mol. The van der Waals surface area contributed by atoms with Gasteiger partial charge in [0.15, 0.2) is 5.82 Å². The van der Waals surface area contributed by atoms with Crippen LogP contribution in [0.2, 0.25) is 5.02 Å². The summed E-state index contributed by atoms with van der Waals surface area (Å²) in [5.41, 5.74) is 6.49. The molecule has 31 heavy (non-hydrogen) atoms. The summed E-state index contributed by atoms with van der Waals surface area (Å²) >= 11 is 6.28. The van der Waals surface area contributed by atoms with Crippen molar-refractivity contribution in [1.82, 2.24) is 14.8 Å². The molecule has 0 unspecified atom stereocenters. The summed E-state index contributed by atoms with van der Waals surface area (Å²) < 4.78 is 1.74. The van der Waals surface area contributed by atoms with Gasteiger partial charge in [0.1, 0.15) is 0 Å². The van der Waals surface area contributed by atoms with Crippen LogP contribution in [-0.2, 0) is 0 Å². The molecule has 0 aliphatic carbocycles. The number of nitrogens with one attached hydrogen (secondary N) is 1. The lowest BCUT2D eigenvalue weighted by Gasteiger charge is -2.10. The van der Waals surface area contributed by atoms with Gasteiger partial charge in [-0.1, -0.05) is 65.7 Å². The molecule has 0 saturated carbocycles. The van der Waals surface area contributed by atoms with Gasteiger partial charge in [0.05, 0.1) is 16.4 Å². The van der Waals surface area contributed by atoms with Crippen LogP contribution in [0.25, 0.3) is 17.1 Å². The summed E-state index contributed by atoms with van der Waals surface area (Å²) in [5, 5.41) is 7.92. The number of carbonyl (C=O) groups is 1. The van der Waals surface area contributed by atoms with Crippen LogP contribution < -0.4 is 5.32 Å². The van der Waals surface area contributed by atoms with Crippen molar-refractivity contribution >= 4 is 23.2 Å². The Morgan fingerprint density at radius 3 is 2.32 bits per heavy atom. The molecule has 0 atom stereocenters. The average Bonchev–Trinajstić information content (AvgIpc) is 3.18. The fraction of sp³-hybridized carbons (Fsp3) is 0.160. The molecule has 1 amide bonds. The Bertz CT molecular complexity index is 1260. The van der Waals surface area contributed by atoms with E-state index in [0.29, 0.717) is 16.5 Å². The van der Waals surface area contributed by atoms with Crippen LogP contribution in [0.15, 0.2) is 60.7 Å². The zero-order valence-corrected chi connectivity index (χ0v) is 18.7. The quantitative estimate of drug-likeness (QED) is 0.427. The van der Waals surface area contributed by atoms with Crippen molar-refractivity contribution in [1.29, 1.82) is 0 Å².